The van der Waals surface area contributed by atoms with E-state index >= 15 is 0 Å². The normalized spacial score (nSPS) is 10.9. The molecule has 0 saturated carbocycles. The molecule has 0 amide bonds. The predicted molar refractivity (Wildman–Crippen MR) is 73.2 cm³/mol. The van der Waals surface area contributed by atoms with Crippen molar-refractivity contribution in [1.82, 2.24) is 19.7 Å². The van der Waals surface area contributed by atoms with Gasteiger partial charge in [0.05, 0.1) is 6.61 Å². The lowest BCUT2D eigenvalue weighted by molar-refractivity contribution is 0.281. The van der Waals surface area contributed by atoms with E-state index in [1.54, 1.807) is 4.68 Å². The topological polar surface area (TPSA) is 63.8 Å². The Labute approximate surface area is 113 Å². The molecule has 0 spiro atoms. The first-order valence-corrected chi connectivity index (χ1v) is 6.77. The Morgan fingerprint density at radius 1 is 1.05 bits per heavy atom. The molecule has 5 heteroatoms. The minimum atomic E-state index is 0.0132. The van der Waals surface area contributed by atoms with E-state index in [0.29, 0.717) is 0 Å². The molecule has 5 nitrogen and oxygen atoms in total. The zero-order valence-corrected chi connectivity index (χ0v) is 11.7. The van der Waals surface area contributed by atoms with Crippen LogP contribution in [-0.2, 0) is 25.9 Å². The van der Waals surface area contributed by atoms with Crippen LogP contribution in [0.5, 0.6) is 0 Å². The molecule has 0 aliphatic carbocycles. The van der Waals surface area contributed by atoms with Gasteiger partial charge in [-0.05, 0) is 24.1 Å². The Morgan fingerprint density at radius 2 is 1.84 bits per heavy atom. The van der Waals surface area contributed by atoms with Crippen molar-refractivity contribution < 1.29 is 5.11 Å². The number of aromatic nitrogens is 4. The highest BCUT2D eigenvalue weighted by molar-refractivity contribution is 5.31. The van der Waals surface area contributed by atoms with E-state index in [0.717, 1.165) is 48.0 Å². The molecule has 19 heavy (non-hydrogen) atoms. The Morgan fingerprint density at radius 3 is 2.42 bits per heavy atom. The van der Waals surface area contributed by atoms with Gasteiger partial charge < -0.3 is 5.11 Å². The average Bonchev–Trinajstić information content (AvgIpc) is 2.90. The first-order valence-electron chi connectivity index (χ1n) is 6.77. The van der Waals surface area contributed by atoms with Gasteiger partial charge in [-0.3, -0.25) is 0 Å². The van der Waals surface area contributed by atoms with Crippen molar-refractivity contribution in [3.05, 3.63) is 35.0 Å². The van der Waals surface area contributed by atoms with Gasteiger partial charge in [-0.15, -0.1) is 5.10 Å². The van der Waals surface area contributed by atoms with Crippen molar-refractivity contribution in [1.29, 1.82) is 0 Å². The second kappa shape index (κ2) is 5.93. The summed E-state index contributed by atoms with van der Waals surface area (Å²) in [6.45, 7) is 6.15. The largest absolute Gasteiger partial charge is 0.392 e. The van der Waals surface area contributed by atoms with Crippen LogP contribution < -0.4 is 0 Å². The fraction of sp³-hybridized carbons (Fsp3) is 0.500. The van der Waals surface area contributed by atoms with Gasteiger partial charge in [0.25, 0.3) is 0 Å². The summed E-state index contributed by atoms with van der Waals surface area (Å²) in [4.78, 5) is 9.06. The number of aryl methyl sites for hydroxylation is 3. The highest BCUT2D eigenvalue weighted by Crippen LogP contribution is 2.13. The summed E-state index contributed by atoms with van der Waals surface area (Å²) in [7, 11) is 0. The summed E-state index contributed by atoms with van der Waals surface area (Å²) in [5.74, 6) is 2.47. The standard InChI is InChI=1S/C14H20N4O/c1-4-11-7-10(9-19)8-14(15-11)18-13(6-3)16-12(5-2)17-18/h7-8,19H,4-6,9H2,1-3H3. The van der Waals surface area contributed by atoms with Crippen molar-refractivity contribution >= 4 is 0 Å². The highest BCUT2D eigenvalue weighted by atomic mass is 16.3. The lowest BCUT2D eigenvalue weighted by Crippen LogP contribution is -2.07. The number of aliphatic hydroxyl groups is 1. The van der Waals surface area contributed by atoms with Crippen LogP contribution in [0.25, 0.3) is 5.82 Å². The summed E-state index contributed by atoms with van der Waals surface area (Å²) < 4.78 is 1.79. The lowest BCUT2D eigenvalue weighted by Gasteiger charge is -2.08. The van der Waals surface area contributed by atoms with Crippen LogP contribution in [0.4, 0.5) is 0 Å². The monoisotopic (exact) mass is 260 g/mol. The number of hydrogen-bond donors (Lipinski definition) is 1. The summed E-state index contributed by atoms with van der Waals surface area (Å²) >= 11 is 0. The van der Waals surface area contributed by atoms with Gasteiger partial charge in [-0.25, -0.2) is 9.97 Å². The maximum Gasteiger partial charge on any atom is 0.156 e. The first-order chi connectivity index (χ1) is 9.21. The Balaban J connectivity index is 2.53. The number of pyridine rings is 1. The molecular weight excluding hydrogens is 240 g/mol. The van der Waals surface area contributed by atoms with Crippen LogP contribution >= 0.6 is 0 Å². The van der Waals surface area contributed by atoms with E-state index in [1.807, 2.05) is 26.0 Å². The van der Waals surface area contributed by atoms with Crippen LogP contribution in [0.15, 0.2) is 12.1 Å². The quantitative estimate of drug-likeness (QED) is 0.891. The van der Waals surface area contributed by atoms with Crippen LogP contribution in [0.1, 0.15) is 43.7 Å². The average molecular weight is 260 g/mol. The molecule has 2 aromatic heterocycles. The zero-order valence-electron chi connectivity index (χ0n) is 11.7. The summed E-state index contributed by atoms with van der Waals surface area (Å²) in [6.07, 6.45) is 2.44. The molecule has 2 aromatic rings. The van der Waals surface area contributed by atoms with Gasteiger partial charge in [0.2, 0.25) is 0 Å². The first kappa shape index (κ1) is 13.7. The molecule has 102 valence electrons. The van der Waals surface area contributed by atoms with Crippen LogP contribution in [0.3, 0.4) is 0 Å². The minimum Gasteiger partial charge on any atom is -0.392 e. The van der Waals surface area contributed by atoms with Gasteiger partial charge >= 0.3 is 0 Å². The van der Waals surface area contributed by atoms with Crippen LogP contribution in [0, 0.1) is 0 Å². The molecule has 0 radical (unpaired) electrons. The third kappa shape index (κ3) is 2.81. The van der Waals surface area contributed by atoms with Crippen LogP contribution in [-0.4, -0.2) is 24.9 Å². The second-order valence-corrected chi connectivity index (χ2v) is 4.40. The third-order valence-corrected chi connectivity index (χ3v) is 3.04. The molecule has 0 aromatic carbocycles. The van der Waals surface area contributed by atoms with E-state index in [1.165, 1.54) is 0 Å². The highest BCUT2D eigenvalue weighted by Gasteiger charge is 2.11. The molecule has 1 N–H and O–H groups in total. The van der Waals surface area contributed by atoms with Gasteiger partial charge in [0.1, 0.15) is 5.82 Å². The van der Waals surface area contributed by atoms with Gasteiger partial charge in [-0.1, -0.05) is 20.8 Å². The Kier molecular flexibility index (Phi) is 4.27. The predicted octanol–water partition coefficient (Wildman–Crippen LogP) is 1.84. The molecule has 2 rings (SSSR count). The zero-order chi connectivity index (χ0) is 13.8. The second-order valence-electron chi connectivity index (χ2n) is 4.40. The molecular formula is C14H20N4O. The van der Waals surface area contributed by atoms with Crippen molar-refractivity contribution in [3.63, 3.8) is 0 Å². The summed E-state index contributed by atoms with van der Waals surface area (Å²) in [6, 6.07) is 3.79. The third-order valence-electron chi connectivity index (χ3n) is 3.04. The summed E-state index contributed by atoms with van der Waals surface area (Å²) in [5.41, 5.74) is 1.81. The van der Waals surface area contributed by atoms with E-state index in [2.05, 4.69) is 22.0 Å². The van der Waals surface area contributed by atoms with Crippen molar-refractivity contribution in [2.75, 3.05) is 0 Å². The Bertz CT molecular complexity index is 540. The number of nitrogens with zero attached hydrogens (tertiary/aromatic N) is 4. The minimum absolute atomic E-state index is 0.0132. The SMILES string of the molecule is CCc1cc(CO)cc(-n2nc(CC)nc2CC)n1. The number of rotatable bonds is 5. The van der Waals surface area contributed by atoms with E-state index in [9.17, 15) is 5.11 Å². The maximum absolute atomic E-state index is 9.33. The number of aliphatic hydroxyl groups excluding tert-OH is 1. The van der Waals surface area contributed by atoms with Crippen molar-refractivity contribution in [2.45, 2.75) is 46.6 Å². The van der Waals surface area contributed by atoms with Crippen molar-refractivity contribution in [3.8, 4) is 5.82 Å². The lowest BCUT2D eigenvalue weighted by atomic mass is 10.2. The molecule has 0 aliphatic rings. The molecule has 0 saturated heterocycles. The molecule has 2 heterocycles. The van der Waals surface area contributed by atoms with Gasteiger partial charge in [0, 0.05) is 18.5 Å². The fourth-order valence-corrected chi connectivity index (χ4v) is 1.97. The molecule has 0 bridgehead atoms. The number of hydrogen-bond acceptors (Lipinski definition) is 4. The molecule has 0 aliphatic heterocycles. The van der Waals surface area contributed by atoms with Crippen molar-refractivity contribution in [2.24, 2.45) is 0 Å². The summed E-state index contributed by atoms with van der Waals surface area (Å²) in [5, 5.41) is 13.8. The molecule has 0 unspecified atom stereocenters. The van der Waals surface area contributed by atoms with E-state index in [-0.39, 0.29) is 6.61 Å². The smallest absolute Gasteiger partial charge is 0.156 e. The van der Waals surface area contributed by atoms with Crippen LogP contribution in [0.2, 0.25) is 0 Å². The maximum atomic E-state index is 9.33. The molecule has 0 atom stereocenters. The van der Waals surface area contributed by atoms with E-state index in [4.69, 9.17) is 0 Å². The van der Waals surface area contributed by atoms with Gasteiger partial charge in [-0.2, -0.15) is 4.68 Å². The Hall–Kier alpha value is -1.75. The molecule has 0 fully saturated rings. The van der Waals surface area contributed by atoms with E-state index < -0.39 is 0 Å². The fourth-order valence-electron chi connectivity index (χ4n) is 1.97. The van der Waals surface area contributed by atoms with Gasteiger partial charge in [0.15, 0.2) is 11.6 Å².